The maximum atomic E-state index is 13.6. The molecule has 1 unspecified atom stereocenters. The molecular weight excluding hydrogens is 276 g/mol. The van der Waals surface area contributed by atoms with Crippen LogP contribution in [0.3, 0.4) is 0 Å². The number of thioether (sulfide) groups is 1. The summed E-state index contributed by atoms with van der Waals surface area (Å²) < 4.78 is 26.4. The lowest BCUT2D eigenvalue weighted by atomic mass is 9.99. The molecule has 106 valence electrons. The largest absolute Gasteiger partial charge is 0.324 e. The van der Waals surface area contributed by atoms with Crippen LogP contribution >= 0.6 is 11.8 Å². The minimum absolute atomic E-state index is 0.296. The first kappa shape index (κ1) is 15.0. The molecule has 20 heavy (non-hydrogen) atoms. The summed E-state index contributed by atoms with van der Waals surface area (Å²) in [4.78, 5) is 1.19. The first-order valence-electron chi connectivity index (χ1n) is 6.52. The molecule has 0 saturated heterocycles. The zero-order valence-electron chi connectivity index (χ0n) is 11.3. The maximum absolute atomic E-state index is 13.6. The third-order valence-electron chi connectivity index (χ3n) is 3.07. The van der Waals surface area contributed by atoms with Gasteiger partial charge in [0.1, 0.15) is 11.6 Å². The molecule has 1 nitrogen and oxygen atoms in total. The van der Waals surface area contributed by atoms with Crippen LogP contribution in [0.5, 0.6) is 0 Å². The topological polar surface area (TPSA) is 26.0 Å². The second-order valence-corrected chi connectivity index (χ2v) is 5.89. The molecule has 0 heterocycles. The van der Waals surface area contributed by atoms with Gasteiger partial charge >= 0.3 is 0 Å². The van der Waals surface area contributed by atoms with Gasteiger partial charge in [-0.15, -0.1) is 11.8 Å². The summed E-state index contributed by atoms with van der Waals surface area (Å²) in [7, 11) is 0. The van der Waals surface area contributed by atoms with E-state index in [0.29, 0.717) is 12.0 Å². The summed E-state index contributed by atoms with van der Waals surface area (Å²) in [5.41, 5.74) is 7.48. The highest BCUT2D eigenvalue weighted by Gasteiger charge is 2.11. The van der Waals surface area contributed by atoms with Gasteiger partial charge in [-0.3, -0.25) is 0 Å². The smallest absolute Gasteiger partial charge is 0.129 e. The lowest BCUT2D eigenvalue weighted by Crippen LogP contribution is -2.14. The van der Waals surface area contributed by atoms with Gasteiger partial charge in [-0.25, -0.2) is 8.78 Å². The molecule has 0 aliphatic carbocycles. The number of hydrogen-bond donors (Lipinski definition) is 1. The van der Waals surface area contributed by atoms with Crippen LogP contribution in [0.15, 0.2) is 47.4 Å². The lowest BCUT2D eigenvalue weighted by molar-refractivity contribution is 0.563. The van der Waals surface area contributed by atoms with Gasteiger partial charge in [-0.1, -0.05) is 25.1 Å². The summed E-state index contributed by atoms with van der Waals surface area (Å²) in [6.45, 7) is 2.10. The third kappa shape index (κ3) is 3.81. The van der Waals surface area contributed by atoms with E-state index in [1.807, 2.05) is 24.3 Å². The number of benzene rings is 2. The first-order chi connectivity index (χ1) is 9.60. The highest BCUT2D eigenvalue weighted by atomic mass is 32.2. The number of halogens is 2. The standard InChI is InChI=1S/C16H17F2NS/c1-2-20-14-7-4-11(5-8-14)16(19)9-12-3-6-13(17)10-15(12)18/h3-8,10,16H,2,9,19H2,1H3. The molecule has 2 aromatic carbocycles. The molecule has 0 spiro atoms. The van der Waals surface area contributed by atoms with Crippen molar-refractivity contribution >= 4 is 11.8 Å². The Morgan fingerprint density at radius 3 is 2.40 bits per heavy atom. The van der Waals surface area contributed by atoms with Crippen LogP contribution in [-0.4, -0.2) is 5.75 Å². The number of nitrogens with two attached hydrogens (primary N) is 1. The highest BCUT2D eigenvalue weighted by Crippen LogP contribution is 2.22. The second-order valence-electron chi connectivity index (χ2n) is 4.55. The normalized spacial score (nSPS) is 12.4. The predicted octanol–water partition coefficient (Wildman–Crippen LogP) is 4.32. The average Bonchev–Trinajstić information content (AvgIpc) is 2.43. The van der Waals surface area contributed by atoms with Crippen molar-refractivity contribution in [2.45, 2.75) is 24.3 Å². The van der Waals surface area contributed by atoms with Crippen LogP contribution in [-0.2, 0) is 6.42 Å². The van der Waals surface area contributed by atoms with Crippen LogP contribution in [0, 0.1) is 11.6 Å². The van der Waals surface area contributed by atoms with E-state index < -0.39 is 11.6 Å². The van der Waals surface area contributed by atoms with Gasteiger partial charge in [0.15, 0.2) is 0 Å². The predicted molar refractivity (Wildman–Crippen MR) is 79.8 cm³/mol. The van der Waals surface area contributed by atoms with Gasteiger partial charge in [0.2, 0.25) is 0 Å². The minimum Gasteiger partial charge on any atom is -0.324 e. The molecule has 0 amide bonds. The van der Waals surface area contributed by atoms with Gasteiger partial charge in [-0.2, -0.15) is 0 Å². The Bertz CT molecular complexity index is 569. The third-order valence-corrected chi connectivity index (χ3v) is 3.97. The zero-order valence-corrected chi connectivity index (χ0v) is 12.1. The Morgan fingerprint density at radius 2 is 1.80 bits per heavy atom. The van der Waals surface area contributed by atoms with E-state index in [2.05, 4.69) is 6.92 Å². The highest BCUT2D eigenvalue weighted by molar-refractivity contribution is 7.99. The Balaban J connectivity index is 2.09. The number of rotatable bonds is 5. The van der Waals surface area contributed by atoms with Gasteiger partial charge < -0.3 is 5.73 Å². The van der Waals surface area contributed by atoms with Crippen molar-refractivity contribution < 1.29 is 8.78 Å². The van der Waals surface area contributed by atoms with E-state index in [9.17, 15) is 8.78 Å². The van der Waals surface area contributed by atoms with E-state index in [-0.39, 0.29) is 6.04 Å². The molecule has 0 aliphatic heterocycles. The van der Waals surface area contributed by atoms with E-state index in [4.69, 9.17) is 5.73 Å². The van der Waals surface area contributed by atoms with E-state index in [1.54, 1.807) is 11.8 Å². The minimum atomic E-state index is -0.569. The van der Waals surface area contributed by atoms with Gasteiger partial charge in [0.25, 0.3) is 0 Å². The fourth-order valence-electron chi connectivity index (χ4n) is 2.02. The molecule has 4 heteroatoms. The summed E-state index contributed by atoms with van der Waals surface area (Å²) >= 11 is 1.76. The maximum Gasteiger partial charge on any atom is 0.129 e. The summed E-state index contributed by atoms with van der Waals surface area (Å²) in [5, 5.41) is 0. The van der Waals surface area contributed by atoms with E-state index in [0.717, 1.165) is 17.4 Å². The van der Waals surface area contributed by atoms with E-state index >= 15 is 0 Å². The molecule has 0 radical (unpaired) electrons. The molecule has 2 rings (SSSR count). The first-order valence-corrected chi connectivity index (χ1v) is 7.51. The molecular formula is C16H17F2NS. The van der Waals surface area contributed by atoms with Crippen molar-refractivity contribution in [3.05, 3.63) is 65.2 Å². The van der Waals surface area contributed by atoms with Crippen molar-refractivity contribution in [3.63, 3.8) is 0 Å². The lowest BCUT2D eigenvalue weighted by Gasteiger charge is -2.13. The Hall–Kier alpha value is -1.39. The van der Waals surface area contributed by atoms with Gasteiger partial charge in [-0.05, 0) is 41.5 Å². The summed E-state index contributed by atoms with van der Waals surface area (Å²) in [6, 6.07) is 11.3. The van der Waals surface area contributed by atoms with Crippen LogP contribution in [0.25, 0.3) is 0 Å². The van der Waals surface area contributed by atoms with Gasteiger partial charge in [0.05, 0.1) is 0 Å². The monoisotopic (exact) mass is 293 g/mol. The Morgan fingerprint density at radius 1 is 1.10 bits per heavy atom. The Kier molecular flexibility index (Phi) is 5.15. The van der Waals surface area contributed by atoms with Crippen molar-refractivity contribution in [2.75, 3.05) is 5.75 Å². The fourth-order valence-corrected chi connectivity index (χ4v) is 2.68. The average molecular weight is 293 g/mol. The zero-order chi connectivity index (χ0) is 14.5. The van der Waals surface area contributed by atoms with Crippen molar-refractivity contribution in [3.8, 4) is 0 Å². The fraction of sp³-hybridized carbons (Fsp3) is 0.250. The summed E-state index contributed by atoms with van der Waals surface area (Å²) in [6.07, 6.45) is 0.354. The molecule has 1 atom stereocenters. The van der Waals surface area contributed by atoms with Crippen molar-refractivity contribution in [1.82, 2.24) is 0 Å². The molecule has 2 N–H and O–H groups in total. The molecule has 0 bridgehead atoms. The van der Waals surface area contributed by atoms with Crippen LogP contribution in [0.2, 0.25) is 0 Å². The van der Waals surface area contributed by atoms with Crippen molar-refractivity contribution in [2.24, 2.45) is 5.73 Å². The van der Waals surface area contributed by atoms with Crippen LogP contribution < -0.4 is 5.73 Å². The van der Waals surface area contributed by atoms with Gasteiger partial charge in [0, 0.05) is 17.0 Å². The molecule has 2 aromatic rings. The molecule has 0 fully saturated rings. The van der Waals surface area contributed by atoms with E-state index in [1.165, 1.54) is 17.0 Å². The second kappa shape index (κ2) is 6.86. The molecule has 0 aromatic heterocycles. The van der Waals surface area contributed by atoms with Crippen LogP contribution in [0.1, 0.15) is 24.1 Å². The SMILES string of the molecule is CCSc1ccc(C(N)Cc2ccc(F)cc2F)cc1. The summed E-state index contributed by atoms with van der Waals surface area (Å²) in [5.74, 6) is -0.0917. The molecule has 0 saturated carbocycles. The number of hydrogen-bond acceptors (Lipinski definition) is 2. The molecule has 0 aliphatic rings. The van der Waals surface area contributed by atoms with Crippen molar-refractivity contribution in [1.29, 1.82) is 0 Å². The van der Waals surface area contributed by atoms with Crippen LogP contribution in [0.4, 0.5) is 8.78 Å². The Labute approximate surface area is 122 Å². The quantitative estimate of drug-likeness (QED) is 0.831.